The maximum Gasteiger partial charge on any atom is 0.127 e. The highest BCUT2D eigenvalue weighted by Gasteiger charge is 2.12. The van der Waals surface area contributed by atoms with Crippen molar-refractivity contribution in [2.45, 2.75) is 13.0 Å². The largest absolute Gasteiger partial charge is 0.497 e. The van der Waals surface area contributed by atoms with Crippen molar-refractivity contribution in [3.63, 3.8) is 0 Å². The van der Waals surface area contributed by atoms with Crippen LogP contribution in [0.5, 0.6) is 11.5 Å². The van der Waals surface area contributed by atoms with E-state index in [4.69, 9.17) is 15.2 Å². The molecular formula is C12H17NO2. The molecule has 0 saturated carbocycles. The van der Waals surface area contributed by atoms with Crippen molar-refractivity contribution in [3.8, 4) is 11.5 Å². The van der Waals surface area contributed by atoms with E-state index < -0.39 is 0 Å². The Hall–Kier alpha value is -1.48. The Kier molecular flexibility index (Phi) is 3.74. The molecular weight excluding hydrogens is 190 g/mol. The number of hydrogen-bond acceptors (Lipinski definition) is 3. The van der Waals surface area contributed by atoms with Gasteiger partial charge >= 0.3 is 0 Å². The summed E-state index contributed by atoms with van der Waals surface area (Å²) >= 11 is 0. The highest BCUT2D eigenvalue weighted by molar-refractivity contribution is 5.44. The number of methoxy groups -OCH3 is 2. The molecule has 0 spiro atoms. The predicted octanol–water partition coefficient (Wildman–Crippen LogP) is 2.28. The van der Waals surface area contributed by atoms with Gasteiger partial charge in [-0.15, -0.1) is 0 Å². The number of rotatable bonds is 4. The number of nitrogens with two attached hydrogens (primary N) is 1. The molecule has 15 heavy (non-hydrogen) atoms. The molecule has 0 aromatic heterocycles. The first kappa shape index (κ1) is 11.6. The van der Waals surface area contributed by atoms with Gasteiger partial charge in [0.15, 0.2) is 0 Å². The standard InChI is InChI=1S/C12H17NO2/c1-8(2)12(13)10-6-5-9(14-3)7-11(10)15-4/h5-7,12H,1,13H2,2-4H3. The minimum Gasteiger partial charge on any atom is -0.497 e. The SMILES string of the molecule is C=C(C)C(N)c1ccc(OC)cc1OC. The van der Waals surface area contributed by atoms with Crippen LogP contribution in [0.2, 0.25) is 0 Å². The van der Waals surface area contributed by atoms with Crippen LogP contribution >= 0.6 is 0 Å². The number of benzene rings is 1. The molecule has 2 N–H and O–H groups in total. The fraction of sp³-hybridized carbons (Fsp3) is 0.333. The van der Waals surface area contributed by atoms with Crippen molar-refractivity contribution < 1.29 is 9.47 Å². The molecule has 0 aliphatic rings. The summed E-state index contributed by atoms with van der Waals surface area (Å²) < 4.78 is 10.4. The molecule has 1 atom stereocenters. The van der Waals surface area contributed by atoms with Crippen LogP contribution in [-0.4, -0.2) is 14.2 Å². The van der Waals surface area contributed by atoms with E-state index in [-0.39, 0.29) is 6.04 Å². The highest BCUT2D eigenvalue weighted by atomic mass is 16.5. The third-order valence-corrected chi connectivity index (χ3v) is 2.31. The Balaban J connectivity index is 3.12. The average Bonchev–Trinajstić information content (AvgIpc) is 2.27. The number of ether oxygens (including phenoxy) is 2. The summed E-state index contributed by atoms with van der Waals surface area (Å²) in [5.41, 5.74) is 7.81. The summed E-state index contributed by atoms with van der Waals surface area (Å²) in [5, 5.41) is 0. The molecule has 0 aliphatic heterocycles. The summed E-state index contributed by atoms with van der Waals surface area (Å²) in [6, 6.07) is 5.38. The lowest BCUT2D eigenvalue weighted by molar-refractivity contribution is 0.389. The van der Waals surface area contributed by atoms with Gasteiger partial charge in [0, 0.05) is 11.6 Å². The van der Waals surface area contributed by atoms with Crippen molar-refractivity contribution in [1.82, 2.24) is 0 Å². The number of hydrogen-bond donors (Lipinski definition) is 1. The van der Waals surface area contributed by atoms with E-state index in [2.05, 4.69) is 6.58 Å². The fourth-order valence-corrected chi connectivity index (χ4v) is 1.34. The van der Waals surface area contributed by atoms with Gasteiger partial charge < -0.3 is 15.2 Å². The van der Waals surface area contributed by atoms with Crippen molar-refractivity contribution in [2.24, 2.45) is 5.73 Å². The van der Waals surface area contributed by atoms with E-state index in [0.717, 1.165) is 22.6 Å². The molecule has 3 nitrogen and oxygen atoms in total. The lowest BCUT2D eigenvalue weighted by atomic mass is 10.0. The summed E-state index contributed by atoms with van der Waals surface area (Å²) in [6.45, 7) is 5.73. The van der Waals surface area contributed by atoms with Crippen LogP contribution in [0, 0.1) is 0 Å². The molecule has 1 aromatic carbocycles. The first-order chi connectivity index (χ1) is 7.10. The van der Waals surface area contributed by atoms with E-state index in [1.54, 1.807) is 14.2 Å². The molecule has 0 fully saturated rings. The Labute approximate surface area is 90.5 Å². The minimum absolute atomic E-state index is 0.203. The van der Waals surface area contributed by atoms with Gasteiger partial charge in [-0.2, -0.15) is 0 Å². The first-order valence-corrected chi connectivity index (χ1v) is 4.73. The maximum absolute atomic E-state index is 5.99. The van der Waals surface area contributed by atoms with E-state index in [9.17, 15) is 0 Å². The molecule has 3 heteroatoms. The molecule has 0 radical (unpaired) electrons. The topological polar surface area (TPSA) is 44.5 Å². The van der Waals surface area contributed by atoms with Gasteiger partial charge in [0.2, 0.25) is 0 Å². The zero-order valence-electron chi connectivity index (χ0n) is 9.41. The van der Waals surface area contributed by atoms with Gasteiger partial charge in [-0.3, -0.25) is 0 Å². The second kappa shape index (κ2) is 4.84. The first-order valence-electron chi connectivity index (χ1n) is 4.73. The second-order valence-corrected chi connectivity index (χ2v) is 3.43. The summed E-state index contributed by atoms with van der Waals surface area (Å²) in [5.74, 6) is 1.48. The van der Waals surface area contributed by atoms with Gasteiger partial charge in [-0.05, 0) is 19.1 Å². The lowest BCUT2D eigenvalue weighted by Crippen LogP contribution is -2.12. The van der Waals surface area contributed by atoms with Gasteiger partial charge in [-0.25, -0.2) is 0 Å². The van der Waals surface area contributed by atoms with E-state index in [0.29, 0.717) is 0 Å². The molecule has 1 unspecified atom stereocenters. The molecule has 1 aromatic rings. The quantitative estimate of drug-likeness (QED) is 0.770. The zero-order chi connectivity index (χ0) is 11.4. The van der Waals surface area contributed by atoms with Crippen LogP contribution in [0.3, 0.4) is 0 Å². The Morgan fingerprint density at radius 3 is 2.47 bits per heavy atom. The van der Waals surface area contributed by atoms with E-state index in [1.165, 1.54) is 0 Å². The fourth-order valence-electron chi connectivity index (χ4n) is 1.34. The maximum atomic E-state index is 5.99. The Morgan fingerprint density at radius 2 is 2.00 bits per heavy atom. The van der Waals surface area contributed by atoms with Crippen LogP contribution < -0.4 is 15.2 Å². The molecule has 0 bridgehead atoms. The average molecular weight is 207 g/mol. The molecule has 0 saturated heterocycles. The molecule has 0 heterocycles. The lowest BCUT2D eigenvalue weighted by Gasteiger charge is -2.16. The van der Waals surface area contributed by atoms with Gasteiger partial charge in [0.05, 0.1) is 20.3 Å². The van der Waals surface area contributed by atoms with Crippen molar-refractivity contribution in [2.75, 3.05) is 14.2 Å². The summed E-state index contributed by atoms with van der Waals surface area (Å²) in [6.07, 6.45) is 0. The van der Waals surface area contributed by atoms with Crippen molar-refractivity contribution in [1.29, 1.82) is 0 Å². The Bertz CT molecular complexity index is 361. The molecule has 0 aliphatic carbocycles. The Morgan fingerprint density at radius 1 is 1.33 bits per heavy atom. The van der Waals surface area contributed by atoms with Crippen LogP contribution in [-0.2, 0) is 0 Å². The van der Waals surface area contributed by atoms with Crippen LogP contribution in [0.4, 0.5) is 0 Å². The van der Waals surface area contributed by atoms with Crippen molar-refractivity contribution in [3.05, 3.63) is 35.9 Å². The monoisotopic (exact) mass is 207 g/mol. The molecule has 1 rings (SSSR count). The highest BCUT2D eigenvalue weighted by Crippen LogP contribution is 2.30. The normalized spacial score (nSPS) is 12.0. The van der Waals surface area contributed by atoms with E-state index in [1.807, 2.05) is 25.1 Å². The van der Waals surface area contributed by atoms with Crippen LogP contribution in [0.1, 0.15) is 18.5 Å². The predicted molar refractivity (Wildman–Crippen MR) is 61.3 cm³/mol. The van der Waals surface area contributed by atoms with Crippen LogP contribution in [0.25, 0.3) is 0 Å². The third-order valence-electron chi connectivity index (χ3n) is 2.31. The molecule has 0 amide bonds. The van der Waals surface area contributed by atoms with Gasteiger partial charge in [-0.1, -0.05) is 12.2 Å². The smallest absolute Gasteiger partial charge is 0.127 e. The minimum atomic E-state index is -0.203. The summed E-state index contributed by atoms with van der Waals surface area (Å²) in [7, 11) is 3.23. The second-order valence-electron chi connectivity index (χ2n) is 3.43. The van der Waals surface area contributed by atoms with Crippen molar-refractivity contribution >= 4 is 0 Å². The third kappa shape index (κ3) is 2.50. The van der Waals surface area contributed by atoms with Gasteiger partial charge in [0.1, 0.15) is 11.5 Å². The van der Waals surface area contributed by atoms with Crippen LogP contribution in [0.15, 0.2) is 30.4 Å². The summed E-state index contributed by atoms with van der Waals surface area (Å²) in [4.78, 5) is 0. The van der Waals surface area contributed by atoms with Gasteiger partial charge in [0.25, 0.3) is 0 Å². The molecule has 82 valence electrons. The zero-order valence-corrected chi connectivity index (χ0v) is 9.41. The van der Waals surface area contributed by atoms with E-state index >= 15 is 0 Å².